The molecule has 0 aliphatic rings. The molecule has 19 heavy (non-hydrogen) atoms. The molecule has 0 amide bonds. The van der Waals surface area contributed by atoms with Gasteiger partial charge in [-0.05, 0) is 40.7 Å². The molecule has 0 saturated carbocycles. The van der Waals surface area contributed by atoms with Crippen LogP contribution < -0.4 is 0 Å². The molecule has 1 aromatic rings. The molecule has 3 heteroatoms. The second kappa shape index (κ2) is 6.70. The van der Waals surface area contributed by atoms with E-state index in [-0.39, 0.29) is 0 Å². The van der Waals surface area contributed by atoms with Gasteiger partial charge >= 0.3 is 0 Å². The number of aromatic nitrogens is 1. The van der Waals surface area contributed by atoms with Crippen molar-refractivity contribution in [2.75, 3.05) is 6.54 Å². The van der Waals surface area contributed by atoms with E-state index in [1.54, 1.807) is 25.4 Å². The van der Waals surface area contributed by atoms with Crippen LogP contribution in [0.2, 0.25) is 0 Å². The van der Waals surface area contributed by atoms with Gasteiger partial charge in [0, 0.05) is 30.0 Å². The minimum absolute atomic E-state index is 0.442. The first-order valence-electron chi connectivity index (χ1n) is 6.73. The summed E-state index contributed by atoms with van der Waals surface area (Å²) in [4.78, 5) is 6.30. The highest BCUT2D eigenvalue weighted by Gasteiger charge is 2.20. The lowest BCUT2D eigenvalue weighted by Gasteiger charge is -2.28. The van der Waals surface area contributed by atoms with Crippen molar-refractivity contribution in [3.8, 4) is 11.8 Å². The second-order valence-electron chi connectivity index (χ2n) is 5.48. The van der Waals surface area contributed by atoms with E-state index in [0.717, 1.165) is 5.56 Å². The van der Waals surface area contributed by atoms with Crippen molar-refractivity contribution < 1.29 is 5.11 Å². The Balaban J connectivity index is 2.77. The van der Waals surface area contributed by atoms with E-state index < -0.39 is 5.60 Å². The smallest absolute Gasteiger partial charge is 0.149 e. The van der Waals surface area contributed by atoms with Crippen molar-refractivity contribution in [1.82, 2.24) is 9.88 Å². The zero-order valence-corrected chi connectivity index (χ0v) is 12.5. The van der Waals surface area contributed by atoms with Gasteiger partial charge in [-0.25, -0.2) is 0 Å². The Morgan fingerprint density at radius 2 is 1.95 bits per heavy atom. The standard InChI is InChI=1S/C16H24N2O/c1-13(2)18(14(3)4)11-7-9-16(5,19)15-8-6-10-17-12-15/h6,8,10,12-14,19H,11H2,1-5H3. The molecule has 0 aliphatic heterocycles. The summed E-state index contributed by atoms with van der Waals surface area (Å²) in [5.41, 5.74) is -0.420. The molecule has 1 N–H and O–H groups in total. The van der Waals surface area contributed by atoms with Crippen LogP contribution in [0, 0.1) is 11.8 Å². The van der Waals surface area contributed by atoms with Crippen LogP contribution >= 0.6 is 0 Å². The molecule has 1 rings (SSSR count). The molecular formula is C16H24N2O. The van der Waals surface area contributed by atoms with E-state index in [4.69, 9.17) is 0 Å². The molecule has 104 valence electrons. The van der Waals surface area contributed by atoms with Crippen LogP contribution in [-0.2, 0) is 5.60 Å². The van der Waals surface area contributed by atoms with E-state index in [1.807, 2.05) is 6.07 Å². The second-order valence-corrected chi connectivity index (χ2v) is 5.48. The molecule has 0 radical (unpaired) electrons. The first kappa shape index (κ1) is 15.7. The molecule has 0 spiro atoms. The van der Waals surface area contributed by atoms with Crippen molar-refractivity contribution in [2.24, 2.45) is 0 Å². The monoisotopic (exact) mass is 260 g/mol. The van der Waals surface area contributed by atoms with Gasteiger partial charge in [0.05, 0.1) is 6.54 Å². The Morgan fingerprint density at radius 1 is 1.32 bits per heavy atom. The zero-order chi connectivity index (χ0) is 14.5. The third kappa shape index (κ3) is 4.66. The average molecular weight is 260 g/mol. The third-order valence-electron chi connectivity index (χ3n) is 3.14. The number of pyridine rings is 1. The summed E-state index contributed by atoms with van der Waals surface area (Å²) in [5.74, 6) is 6.02. The normalized spacial score (nSPS) is 14.4. The van der Waals surface area contributed by atoms with Crippen LogP contribution in [0.5, 0.6) is 0 Å². The lowest BCUT2D eigenvalue weighted by molar-refractivity contribution is 0.121. The maximum absolute atomic E-state index is 10.3. The van der Waals surface area contributed by atoms with Crippen molar-refractivity contribution in [3.05, 3.63) is 30.1 Å². The van der Waals surface area contributed by atoms with Gasteiger partial charge in [0.1, 0.15) is 5.60 Å². The van der Waals surface area contributed by atoms with Crippen LogP contribution in [-0.4, -0.2) is 33.6 Å². The van der Waals surface area contributed by atoms with E-state index in [0.29, 0.717) is 18.6 Å². The summed E-state index contributed by atoms with van der Waals surface area (Å²) in [5, 5.41) is 10.3. The Morgan fingerprint density at radius 3 is 2.42 bits per heavy atom. The topological polar surface area (TPSA) is 36.4 Å². The summed E-state index contributed by atoms with van der Waals surface area (Å²) in [6.45, 7) is 11.0. The SMILES string of the molecule is CC(C)N(CC#CC(C)(O)c1cccnc1)C(C)C. The van der Waals surface area contributed by atoms with E-state index in [9.17, 15) is 5.11 Å². The lowest BCUT2D eigenvalue weighted by atomic mass is 9.99. The van der Waals surface area contributed by atoms with Gasteiger partial charge in [0.2, 0.25) is 0 Å². The highest BCUT2D eigenvalue weighted by molar-refractivity contribution is 5.28. The highest BCUT2D eigenvalue weighted by atomic mass is 16.3. The molecule has 1 unspecified atom stereocenters. The van der Waals surface area contributed by atoms with Crippen molar-refractivity contribution in [3.63, 3.8) is 0 Å². The quantitative estimate of drug-likeness (QED) is 0.845. The Bertz CT molecular complexity index is 433. The fraction of sp³-hybridized carbons (Fsp3) is 0.562. The van der Waals surface area contributed by atoms with Crippen molar-refractivity contribution in [1.29, 1.82) is 0 Å². The number of hydrogen-bond acceptors (Lipinski definition) is 3. The van der Waals surface area contributed by atoms with Crippen LogP contribution in [0.4, 0.5) is 0 Å². The molecule has 3 nitrogen and oxygen atoms in total. The predicted molar refractivity (Wildman–Crippen MR) is 78.6 cm³/mol. The molecule has 0 aliphatic carbocycles. The summed E-state index contributed by atoms with van der Waals surface area (Å²) < 4.78 is 0. The van der Waals surface area contributed by atoms with Gasteiger partial charge in [0.15, 0.2) is 0 Å². The Kier molecular flexibility index (Phi) is 5.53. The molecule has 0 bridgehead atoms. The minimum Gasteiger partial charge on any atom is -0.374 e. The van der Waals surface area contributed by atoms with Crippen LogP contribution in [0.3, 0.4) is 0 Å². The summed E-state index contributed by atoms with van der Waals surface area (Å²) in [6, 6.07) is 4.53. The zero-order valence-electron chi connectivity index (χ0n) is 12.5. The minimum atomic E-state index is -1.14. The largest absolute Gasteiger partial charge is 0.374 e. The van der Waals surface area contributed by atoms with Gasteiger partial charge in [-0.2, -0.15) is 0 Å². The van der Waals surface area contributed by atoms with Crippen molar-refractivity contribution in [2.45, 2.75) is 52.3 Å². The first-order chi connectivity index (χ1) is 8.84. The summed E-state index contributed by atoms with van der Waals surface area (Å²) in [7, 11) is 0. The molecular weight excluding hydrogens is 236 g/mol. The third-order valence-corrected chi connectivity index (χ3v) is 3.14. The number of hydrogen-bond donors (Lipinski definition) is 1. The van der Waals surface area contributed by atoms with Gasteiger partial charge in [-0.1, -0.05) is 17.9 Å². The van der Waals surface area contributed by atoms with Crippen LogP contribution in [0.1, 0.15) is 40.2 Å². The van der Waals surface area contributed by atoms with E-state index in [1.165, 1.54) is 0 Å². The fourth-order valence-electron chi connectivity index (χ4n) is 1.99. The van der Waals surface area contributed by atoms with E-state index in [2.05, 4.69) is 49.4 Å². The van der Waals surface area contributed by atoms with Gasteiger partial charge in [-0.3, -0.25) is 9.88 Å². The van der Waals surface area contributed by atoms with Gasteiger partial charge in [0.25, 0.3) is 0 Å². The highest BCUT2D eigenvalue weighted by Crippen LogP contribution is 2.17. The lowest BCUT2D eigenvalue weighted by Crippen LogP contribution is -2.37. The molecule has 1 atom stereocenters. The fourth-order valence-corrected chi connectivity index (χ4v) is 1.99. The summed E-state index contributed by atoms with van der Waals surface area (Å²) >= 11 is 0. The molecule has 0 fully saturated rings. The number of aliphatic hydroxyl groups is 1. The predicted octanol–water partition coefficient (Wildman–Crippen LogP) is 2.41. The van der Waals surface area contributed by atoms with Crippen molar-refractivity contribution >= 4 is 0 Å². The summed E-state index contributed by atoms with van der Waals surface area (Å²) in [6.07, 6.45) is 3.34. The van der Waals surface area contributed by atoms with Gasteiger partial charge < -0.3 is 5.11 Å². The van der Waals surface area contributed by atoms with E-state index >= 15 is 0 Å². The Labute approximate surface area is 116 Å². The van der Waals surface area contributed by atoms with Crippen LogP contribution in [0.15, 0.2) is 24.5 Å². The molecule has 0 aromatic carbocycles. The average Bonchev–Trinajstić information content (AvgIpc) is 2.34. The molecule has 1 aromatic heterocycles. The maximum atomic E-state index is 10.3. The first-order valence-corrected chi connectivity index (χ1v) is 6.73. The number of nitrogens with zero attached hydrogens (tertiary/aromatic N) is 2. The van der Waals surface area contributed by atoms with Gasteiger partial charge in [-0.15, -0.1) is 0 Å². The maximum Gasteiger partial charge on any atom is 0.149 e. The Hall–Kier alpha value is -1.37. The molecule has 1 heterocycles. The van der Waals surface area contributed by atoms with Crippen LogP contribution in [0.25, 0.3) is 0 Å². The number of rotatable bonds is 4. The molecule has 0 saturated heterocycles.